The maximum Gasteiger partial charge on any atom is 0.163 e. The lowest BCUT2D eigenvalue weighted by molar-refractivity contribution is 0.1000. The average Bonchev–Trinajstić information content (AvgIpc) is 2.50. The molecule has 4 nitrogen and oxygen atoms in total. The van der Waals surface area contributed by atoms with Crippen LogP contribution in [0.2, 0.25) is 0 Å². The van der Waals surface area contributed by atoms with Crippen LogP contribution >= 0.6 is 0 Å². The van der Waals surface area contributed by atoms with Gasteiger partial charge in [-0.05, 0) is 61.8 Å². The van der Waals surface area contributed by atoms with Gasteiger partial charge in [-0.2, -0.15) is 0 Å². The van der Waals surface area contributed by atoms with Crippen molar-refractivity contribution in [3.8, 4) is 11.5 Å². The van der Waals surface area contributed by atoms with Gasteiger partial charge in [0.1, 0.15) is 11.5 Å². The van der Waals surface area contributed by atoms with Crippen LogP contribution in [0.5, 0.6) is 11.5 Å². The van der Waals surface area contributed by atoms with Crippen LogP contribution in [0, 0.1) is 0 Å². The van der Waals surface area contributed by atoms with Crippen molar-refractivity contribution in [2.45, 2.75) is 39.5 Å². The van der Waals surface area contributed by atoms with E-state index >= 15 is 0 Å². The van der Waals surface area contributed by atoms with Gasteiger partial charge in [0.25, 0.3) is 0 Å². The number of phenols is 2. The summed E-state index contributed by atoms with van der Waals surface area (Å²) < 4.78 is 0. The summed E-state index contributed by atoms with van der Waals surface area (Å²) in [5.74, 6) is -0.238. The molecular formula is C20H20O4. The number of phenolic OH excluding ortho intramolecular Hbond substituents is 2. The maximum absolute atomic E-state index is 12.0. The minimum Gasteiger partial charge on any atom is -0.507 e. The van der Waals surface area contributed by atoms with Gasteiger partial charge in [-0.15, -0.1) is 0 Å². The predicted octanol–water partition coefficient (Wildman–Crippen LogP) is 3.39. The maximum atomic E-state index is 12.0. The molecule has 0 aromatic heterocycles. The molecule has 4 aliphatic rings. The molecule has 0 amide bonds. The summed E-state index contributed by atoms with van der Waals surface area (Å²) in [4.78, 5) is 24.0. The van der Waals surface area contributed by atoms with Crippen LogP contribution in [0.4, 0.5) is 0 Å². The average molecular weight is 324 g/mol. The first kappa shape index (κ1) is 16.2. The van der Waals surface area contributed by atoms with Crippen molar-refractivity contribution in [1.29, 1.82) is 0 Å². The molecule has 0 fully saturated rings. The third-order valence-corrected chi connectivity index (χ3v) is 4.73. The van der Waals surface area contributed by atoms with E-state index < -0.39 is 0 Å². The van der Waals surface area contributed by atoms with E-state index in [9.17, 15) is 19.8 Å². The van der Waals surface area contributed by atoms with Gasteiger partial charge >= 0.3 is 0 Å². The molecule has 6 rings (SSSR count). The molecular weight excluding hydrogens is 304 g/mol. The van der Waals surface area contributed by atoms with E-state index in [0.29, 0.717) is 47.9 Å². The summed E-state index contributed by atoms with van der Waals surface area (Å²) in [5, 5.41) is 21.0. The molecule has 0 spiro atoms. The highest BCUT2D eigenvalue weighted by molar-refractivity contribution is 5.99. The van der Waals surface area contributed by atoms with E-state index in [1.165, 1.54) is 13.8 Å². The number of Topliss-reactive ketones (excluding diaryl/α,β-unsaturated/α-hetero) is 2. The Hall–Kier alpha value is -2.62. The van der Waals surface area contributed by atoms with E-state index in [0.717, 1.165) is 11.1 Å². The van der Waals surface area contributed by atoms with Crippen LogP contribution in [0.1, 0.15) is 56.8 Å². The molecule has 0 aliphatic heterocycles. The zero-order chi connectivity index (χ0) is 17.4. The Bertz CT molecular complexity index is 778. The van der Waals surface area contributed by atoms with Crippen molar-refractivity contribution in [3.05, 3.63) is 57.6 Å². The third kappa shape index (κ3) is 2.68. The van der Waals surface area contributed by atoms with Gasteiger partial charge in [0, 0.05) is 0 Å². The van der Waals surface area contributed by atoms with Crippen LogP contribution in [-0.4, -0.2) is 21.8 Å². The molecule has 0 heterocycles. The van der Waals surface area contributed by atoms with Crippen molar-refractivity contribution in [2.24, 2.45) is 0 Å². The van der Waals surface area contributed by atoms with Crippen molar-refractivity contribution >= 4 is 11.6 Å². The fraction of sp³-hybridized carbons (Fsp3) is 0.300. The fourth-order valence-electron chi connectivity index (χ4n) is 3.50. The van der Waals surface area contributed by atoms with Gasteiger partial charge in [0.05, 0.1) is 11.1 Å². The molecule has 0 saturated carbocycles. The normalized spacial score (nSPS) is 13.4. The molecule has 0 radical (unpaired) electrons. The molecule has 4 bridgehead atoms. The van der Waals surface area contributed by atoms with Crippen molar-refractivity contribution in [3.63, 3.8) is 0 Å². The fourth-order valence-corrected chi connectivity index (χ4v) is 3.50. The number of carbonyl (C=O) groups is 2. The van der Waals surface area contributed by atoms with Crippen molar-refractivity contribution in [2.75, 3.05) is 0 Å². The largest absolute Gasteiger partial charge is 0.507 e. The Kier molecular flexibility index (Phi) is 4.14. The van der Waals surface area contributed by atoms with E-state index in [1.807, 2.05) is 24.3 Å². The number of aromatic hydroxyl groups is 2. The van der Waals surface area contributed by atoms with Crippen LogP contribution in [0.25, 0.3) is 0 Å². The summed E-state index contributed by atoms with van der Waals surface area (Å²) in [6.07, 6.45) is 2.00. The molecule has 124 valence electrons. The molecule has 4 aliphatic carbocycles. The van der Waals surface area contributed by atoms with E-state index in [4.69, 9.17) is 0 Å². The van der Waals surface area contributed by atoms with Crippen LogP contribution in [0.3, 0.4) is 0 Å². The SMILES string of the molecule is CC(=O)c1c2ccc(c1O)CCc1ccc(c(C(C)=O)c1O)CC2. The lowest BCUT2D eigenvalue weighted by atomic mass is 9.88. The molecule has 0 atom stereocenters. The standard InChI is InChI=1S/C20H20O4/c1-11(21)17-13-3-4-14-6-8-16(20(24)18(14)12(2)22)10-9-15(7-5-13)19(17)23/h5-8,23-24H,3-4,9-10H2,1-2H3. The van der Waals surface area contributed by atoms with Gasteiger partial charge in [-0.25, -0.2) is 0 Å². The van der Waals surface area contributed by atoms with E-state index in [1.54, 1.807) is 0 Å². The monoisotopic (exact) mass is 324 g/mol. The van der Waals surface area contributed by atoms with Gasteiger partial charge in [-0.1, -0.05) is 24.3 Å². The van der Waals surface area contributed by atoms with Crippen molar-refractivity contribution in [1.82, 2.24) is 0 Å². The number of hydrogen-bond acceptors (Lipinski definition) is 4. The highest BCUT2D eigenvalue weighted by Crippen LogP contribution is 2.33. The second kappa shape index (κ2) is 6.11. The summed E-state index contributed by atoms with van der Waals surface area (Å²) in [6.45, 7) is 2.91. The highest BCUT2D eigenvalue weighted by Gasteiger charge is 2.21. The molecule has 0 saturated heterocycles. The minimum atomic E-state index is -0.162. The number of ketones is 2. The van der Waals surface area contributed by atoms with E-state index in [-0.39, 0.29) is 23.1 Å². The molecule has 0 unspecified atom stereocenters. The quantitative estimate of drug-likeness (QED) is 0.830. The highest BCUT2D eigenvalue weighted by atomic mass is 16.3. The van der Waals surface area contributed by atoms with Crippen LogP contribution in [-0.2, 0) is 25.7 Å². The number of hydrogen-bond donors (Lipinski definition) is 2. The number of carbonyl (C=O) groups excluding carboxylic acids is 2. The Morgan fingerprint density at radius 3 is 1.29 bits per heavy atom. The molecule has 4 heteroatoms. The first-order valence-electron chi connectivity index (χ1n) is 8.09. The zero-order valence-electron chi connectivity index (χ0n) is 13.8. The summed E-state index contributed by atoms with van der Waals surface area (Å²) in [5.41, 5.74) is 3.63. The van der Waals surface area contributed by atoms with Gasteiger partial charge in [0.2, 0.25) is 0 Å². The number of benzene rings is 2. The molecule has 24 heavy (non-hydrogen) atoms. The van der Waals surface area contributed by atoms with Crippen molar-refractivity contribution < 1.29 is 19.8 Å². The Balaban J connectivity index is 2.18. The van der Waals surface area contributed by atoms with Crippen LogP contribution in [0.15, 0.2) is 24.3 Å². The Morgan fingerprint density at radius 1 is 0.667 bits per heavy atom. The molecule has 2 N–H and O–H groups in total. The second-order valence-corrected chi connectivity index (χ2v) is 6.33. The minimum absolute atomic E-state index is 0.0429. The zero-order valence-corrected chi connectivity index (χ0v) is 13.8. The first-order chi connectivity index (χ1) is 11.4. The van der Waals surface area contributed by atoms with Gasteiger partial charge in [0.15, 0.2) is 11.6 Å². The lowest BCUT2D eigenvalue weighted by Gasteiger charge is -2.18. The molecule has 2 aromatic carbocycles. The first-order valence-corrected chi connectivity index (χ1v) is 8.09. The second-order valence-electron chi connectivity index (χ2n) is 6.33. The number of rotatable bonds is 2. The topological polar surface area (TPSA) is 74.6 Å². The van der Waals surface area contributed by atoms with E-state index in [2.05, 4.69) is 0 Å². The third-order valence-electron chi connectivity index (χ3n) is 4.73. The predicted molar refractivity (Wildman–Crippen MR) is 91.0 cm³/mol. The smallest absolute Gasteiger partial charge is 0.163 e. The Labute approximate surface area is 140 Å². The van der Waals surface area contributed by atoms with Gasteiger partial charge in [-0.3, -0.25) is 9.59 Å². The van der Waals surface area contributed by atoms with Crippen LogP contribution < -0.4 is 0 Å². The summed E-state index contributed by atoms with van der Waals surface area (Å²) in [6, 6.07) is 7.45. The molecule has 2 aromatic rings. The van der Waals surface area contributed by atoms with Gasteiger partial charge < -0.3 is 10.2 Å². The Morgan fingerprint density at radius 2 is 0.958 bits per heavy atom. The summed E-state index contributed by atoms with van der Waals surface area (Å²) >= 11 is 0. The summed E-state index contributed by atoms with van der Waals surface area (Å²) in [7, 11) is 0. The lowest BCUT2D eigenvalue weighted by Crippen LogP contribution is -2.09. The number of aryl methyl sites for hydroxylation is 4.